The van der Waals surface area contributed by atoms with Crippen LogP contribution in [0.3, 0.4) is 0 Å². The molecule has 8 nitrogen and oxygen atoms in total. The van der Waals surface area contributed by atoms with Crippen molar-refractivity contribution in [1.82, 2.24) is 25.0 Å². The molecule has 0 atom stereocenters. The molecule has 136 valence electrons. The lowest BCUT2D eigenvalue weighted by molar-refractivity contribution is 0.414. The quantitative estimate of drug-likeness (QED) is 0.583. The second kappa shape index (κ2) is 6.91. The maximum absolute atomic E-state index is 5.29. The van der Waals surface area contributed by atoms with Gasteiger partial charge in [-0.1, -0.05) is 17.3 Å². The highest BCUT2D eigenvalue weighted by atomic mass is 16.5. The van der Waals surface area contributed by atoms with Crippen LogP contribution < -0.4 is 14.8 Å². The van der Waals surface area contributed by atoms with E-state index in [2.05, 4.69) is 25.6 Å². The molecule has 8 heteroatoms. The van der Waals surface area contributed by atoms with E-state index in [1.807, 2.05) is 55.5 Å². The summed E-state index contributed by atoms with van der Waals surface area (Å²) in [6, 6.07) is 15.1. The molecule has 4 aromatic rings. The molecule has 2 heterocycles. The Kier molecular flexibility index (Phi) is 4.29. The van der Waals surface area contributed by atoms with Gasteiger partial charge in [-0.15, -0.1) is 5.10 Å². The van der Waals surface area contributed by atoms with Crippen molar-refractivity contribution in [2.45, 2.75) is 6.92 Å². The van der Waals surface area contributed by atoms with Crippen molar-refractivity contribution in [3.05, 3.63) is 54.2 Å². The van der Waals surface area contributed by atoms with Gasteiger partial charge in [-0.25, -0.2) is 4.98 Å². The molecule has 0 spiro atoms. The van der Waals surface area contributed by atoms with Crippen molar-refractivity contribution in [2.75, 3.05) is 19.5 Å². The summed E-state index contributed by atoms with van der Waals surface area (Å²) in [6.07, 6.45) is 0. The summed E-state index contributed by atoms with van der Waals surface area (Å²) in [6.45, 7) is 1.88. The number of benzene rings is 2. The number of ether oxygens (including phenoxy) is 2. The fourth-order valence-electron chi connectivity index (χ4n) is 2.75. The summed E-state index contributed by atoms with van der Waals surface area (Å²) in [5.74, 6) is 1.94. The molecule has 0 bridgehead atoms. The van der Waals surface area contributed by atoms with Crippen LogP contribution in [0.15, 0.2) is 48.5 Å². The Morgan fingerprint density at radius 2 is 1.67 bits per heavy atom. The van der Waals surface area contributed by atoms with E-state index in [4.69, 9.17) is 9.47 Å². The average molecular weight is 362 g/mol. The zero-order valence-corrected chi connectivity index (χ0v) is 15.2. The number of aromatic nitrogens is 5. The second-order valence-corrected chi connectivity index (χ2v) is 5.86. The van der Waals surface area contributed by atoms with Gasteiger partial charge in [-0.2, -0.15) is 9.67 Å². The molecule has 2 aromatic carbocycles. The zero-order chi connectivity index (χ0) is 18.8. The third-order valence-corrected chi connectivity index (χ3v) is 4.10. The van der Waals surface area contributed by atoms with Crippen LogP contribution in [0.5, 0.6) is 11.5 Å². The third-order valence-electron chi connectivity index (χ3n) is 4.10. The van der Waals surface area contributed by atoms with Crippen LogP contribution in [0.1, 0.15) is 5.69 Å². The normalized spacial score (nSPS) is 10.8. The maximum atomic E-state index is 5.29. The second-order valence-electron chi connectivity index (χ2n) is 5.86. The minimum absolute atomic E-state index is 0.458. The van der Waals surface area contributed by atoms with Gasteiger partial charge in [0.15, 0.2) is 11.2 Å². The molecule has 0 saturated heterocycles. The van der Waals surface area contributed by atoms with Crippen LogP contribution in [0, 0.1) is 6.92 Å². The topological polar surface area (TPSA) is 87.0 Å². The Balaban J connectivity index is 1.77. The zero-order valence-electron chi connectivity index (χ0n) is 15.2. The van der Waals surface area contributed by atoms with Gasteiger partial charge in [0.05, 0.1) is 25.6 Å². The lowest BCUT2D eigenvalue weighted by Gasteiger charge is -2.08. The van der Waals surface area contributed by atoms with Crippen molar-refractivity contribution in [3.8, 4) is 17.2 Å². The number of nitrogens with one attached hydrogen (secondary N) is 1. The van der Waals surface area contributed by atoms with Gasteiger partial charge in [0.2, 0.25) is 5.95 Å². The van der Waals surface area contributed by atoms with E-state index in [1.54, 1.807) is 18.9 Å². The van der Waals surface area contributed by atoms with Gasteiger partial charge >= 0.3 is 0 Å². The Hall–Kier alpha value is -3.68. The minimum atomic E-state index is 0.458. The van der Waals surface area contributed by atoms with Gasteiger partial charge in [-0.05, 0) is 31.2 Å². The molecule has 0 fully saturated rings. The van der Waals surface area contributed by atoms with Gasteiger partial charge in [-0.3, -0.25) is 0 Å². The molecule has 0 aliphatic carbocycles. The summed E-state index contributed by atoms with van der Waals surface area (Å²) >= 11 is 0. The predicted octanol–water partition coefficient (Wildman–Crippen LogP) is 3.28. The lowest BCUT2D eigenvalue weighted by atomic mass is 10.3. The summed E-state index contributed by atoms with van der Waals surface area (Å²) < 4.78 is 12.2. The molecule has 0 aliphatic rings. The molecule has 4 rings (SSSR count). The van der Waals surface area contributed by atoms with Gasteiger partial charge in [0, 0.05) is 17.8 Å². The first-order valence-electron chi connectivity index (χ1n) is 8.33. The lowest BCUT2D eigenvalue weighted by Crippen LogP contribution is -2.03. The van der Waals surface area contributed by atoms with Crippen molar-refractivity contribution in [3.63, 3.8) is 0 Å². The Morgan fingerprint density at radius 3 is 2.44 bits per heavy atom. The predicted molar refractivity (Wildman–Crippen MR) is 102 cm³/mol. The van der Waals surface area contributed by atoms with Crippen molar-refractivity contribution < 1.29 is 9.47 Å². The highest BCUT2D eigenvalue weighted by Gasteiger charge is 2.14. The summed E-state index contributed by atoms with van der Waals surface area (Å²) in [7, 11) is 3.26. The van der Waals surface area contributed by atoms with Gasteiger partial charge in [0.25, 0.3) is 0 Å². The molecule has 0 saturated carbocycles. The monoisotopic (exact) mass is 362 g/mol. The SMILES string of the molecule is COc1cccc(Nc2nc(C)c3nnn(-c4cccc(OC)c4)c3n2)c1. The summed E-state index contributed by atoms with van der Waals surface area (Å²) in [5.41, 5.74) is 3.63. The van der Waals surface area contributed by atoms with Crippen molar-refractivity contribution in [2.24, 2.45) is 0 Å². The first kappa shape index (κ1) is 16.8. The summed E-state index contributed by atoms with van der Waals surface area (Å²) in [5, 5.41) is 11.7. The number of nitrogens with zero attached hydrogens (tertiary/aromatic N) is 5. The van der Waals surface area contributed by atoms with E-state index in [0.717, 1.165) is 28.6 Å². The fraction of sp³-hybridized carbons (Fsp3) is 0.158. The first-order valence-corrected chi connectivity index (χ1v) is 8.33. The number of fused-ring (bicyclic) bond motifs is 1. The Labute approximate surface area is 155 Å². The van der Waals surface area contributed by atoms with Crippen LogP contribution in [0.2, 0.25) is 0 Å². The van der Waals surface area contributed by atoms with E-state index < -0.39 is 0 Å². The smallest absolute Gasteiger partial charge is 0.229 e. The van der Waals surface area contributed by atoms with Crippen molar-refractivity contribution >= 4 is 22.8 Å². The molecule has 1 N–H and O–H groups in total. The number of hydrogen-bond acceptors (Lipinski definition) is 7. The van der Waals surface area contributed by atoms with Crippen LogP contribution in [-0.4, -0.2) is 39.2 Å². The van der Waals surface area contributed by atoms with Gasteiger partial charge < -0.3 is 14.8 Å². The molecular weight excluding hydrogens is 344 g/mol. The number of methoxy groups -OCH3 is 2. The van der Waals surface area contributed by atoms with Crippen molar-refractivity contribution in [1.29, 1.82) is 0 Å². The number of aryl methyl sites for hydroxylation is 1. The largest absolute Gasteiger partial charge is 0.497 e. The highest BCUT2D eigenvalue weighted by Crippen LogP contribution is 2.23. The van der Waals surface area contributed by atoms with E-state index in [-0.39, 0.29) is 0 Å². The number of anilines is 2. The molecular formula is C19H18N6O2. The average Bonchev–Trinajstić information content (AvgIpc) is 3.12. The first-order chi connectivity index (χ1) is 13.2. The van der Waals surface area contributed by atoms with Crippen LogP contribution in [0.25, 0.3) is 16.9 Å². The summed E-state index contributed by atoms with van der Waals surface area (Å²) in [4.78, 5) is 9.10. The molecule has 27 heavy (non-hydrogen) atoms. The number of hydrogen-bond donors (Lipinski definition) is 1. The van der Waals surface area contributed by atoms with E-state index >= 15 is 0 Å². The Bertz CT molecular complexity index is 1110. The molecule has 2 aromatic heterocycles. The fourth-order valence-corrected chi connectivity index (χ4v) is 2.75. The van der Waals surface area contributed by atoms with Gasteiger partial charge in [0.1, 0.15) is 11.5 Å². The number of rotatable bonds is 5. The van der Waals surface area contributed by atoms with Crippen LogP contribution in [-0.2, 0) is 0 Å². The van der Waals surface area contributed by atoms with E-state index in [0.29, 0.717) is 17.1 Å². The minimum Gasteiger partial charge on any atom is -0.497 e. The molecule has 0 amide bonds. The molecule has 0 radical (unpaired) electrons. The molecule has 0 unspecified atom stereocenters. The standard InChI is InChI=1S/C19H18N6O2/c1-12-17-18(25(24-23-17)14-7-5-9-16(11-14)27-3)22-19(20-12)21-13-6-4-8-15(10-13)26-2/h4-11H,1-3H3,(H,20,21,22). The van der Waals surface area contributed by atoms with E-state index in [1.165, 1.54) is 0 Å². The maximum Gasteiger partial charge on any atom is 0.229 e. The van der Waals surface area contributed by atoms with Crippen LogP contribution in [0.4, 0.5) is 11.6 Å². The van der Waals surface area contributed by atoms with E-state index in [9.17, 15) is 0 Å². The Morgan fingerprint density at radius 1 is 0.926 bits per heavy atom. The van der Waals surface area contributed by atoms with Crippen LogP contribution >= 0.6 is 0 Å². The third kappa shape index (κ3) is 3.24. The highest BCUT2D eigenvalue weighted by molar-refractivity contribution is 5.76. The molecule has 0 aliphatic heterocycles.